The zero-order valence-electron chi connectivity index (χ0n) is 66.1. The van der Waals surface area contributed by atoms with Crippen molar-refractivity contribution in [3.63, 3.8) is 0 Å². The number of hydrogen-bond donors (Lipinski definition) is 2. The van der Waals surface area contributed by atoms with E-state index in [1.165, 1.54) is 324 Å². The summed E-state index contributed by atoms with van der Waals surface area (Å²) in [6, 6.07) is 5.38. The van der Waals surface area contributed by atoms with E-state index in [1.807, 2.05) is 0 Å². The molecule has 4 bridgehead atoms. The predicted octanol–water partition coefficient (Wildman–Crippen LogP) is 11.2. The summed E-state index contributed by atoms with van der Waals surface area (Å²) < 4.78 is 0. The molecule has 586 valence electrons. The van der Waals surface area contributed by atoms with E-state index in [4.69, 9.17) is 0 Å². The largest absolute Gasteiger partial charge is 0.313 e. The van der Waals surface area contributed by atoms with Crippen molar-refractivity contribution in [2.24, 2.45) is 71.0 Å². The molecule has 0 aromatic rings. The van der Waals surface area contributed by atoms with Gasteiger partial charge in [-0.25, -0.2) is 0 Å². The van der Waals surface area contributed by atoms with Gasteiger partial charge in [0.25, 0.3) is 0 Å². The third-order valence-electron chi connectivity index (χ3n) is 29.8. The minimum Gasteiger partial charge on any atom is -0.313 e. The van der Waals surface area contributed by atoms with Crippen LogP contribution in [-0.2, 0) is 0 Å². The van der Waals surface area contributed by atoms with Gasteiger partial charge < -0.3 is 59.6 Å². The molecule has 0 amide bonds. The highest BCUT2D eigenvalue weighted by molar-refractivity contribution is 5.02. The Bertz CT molecular complexity index is 2160. The third-order valence-corrected chi connectivity index (χ3v) is 29.8. The molecule has 17 unspecified atom stereocenters. The number of nitrogens with zero attached hydrogens (tertiary/aromatic N) is 13. The highest BCUT2D eigenvalue weighted by atomic mass is 15.3. The van der Waals surface area contributed by atoms with Crippen LogP contribution in [0.4, 0.5) is 0 Å². The average Bonchev–Trinajstić information content (AvgIpc) is 1.57. The van der Waals surface area contributed by atoms with Gasteiger partial charge in [-0.3, -0.25) is 14.7 Å². The Labute approximate surface area is 621 Å². The number of hydrogen-bond acceptors (Lipinski definition) is 15. The number of nitrogens with one attached hydrogen (secondary N) is 2. The van der Waals surface area contributed by atoms with E-state index >= 15 is 0 Å². The topological polar surface area (TPSA) is 66.2 Å². The molecule has 17 atom stereocenters. The van der Waals surface area contributed by atoms with E-state index in [-0.39, 0.29) is 22.3 Å². The maximum absolute atomic E-state index is 3.60. The molecule has 1 spiro atoms. The van der Waals surface area contributed by atoms with E-state index in [9.17, 15) is 0 Å². The Morgan fingerprint density at radius 3 is 1.48 bits per heavy atom. The lowest BCUT2D eigenvalue weighted by atomic mass is 9.79. The highest BCUT2D eigenvalue weighted by Gasteiger charge is 2.51. The zero-order valence-corrected chi connectivity index (χ0v) is 66.1. The van der Waals surface area contributed by atoms with Crippen molar-refractivity contribution in [2.75, 3.05) is 241 Å². The molecular formula is C85H171N15. The standard InChI is InChI=1S/C11H22N2.2C9H18N2.C8H16N2.3C8H15N.C7H14N2.2C7H13N.3CH4/c1-12-8-9-13(2)11(10-12)6-4-3-5-7-11;1-10-6-7-11-5-3-2-4-9(11)8-10;1-3-9-8-6-11(2)5-7(8)4-10-9;1-9-5-6-10-4-2-3-8(10)7-9;1-9-5-7-2-3-8(4-7)6-9;1-9-5-7-3-2-4-8(7)6-9;1-9-6-5-7-3-2-4-8(7)9;1-9-4-6-2-3-8-7(6)5-9;1-5-6-3-8(2)4-7(5)6;1-8-5-6-2-3-7(8)4-6;;;/h3-10H2,1-2H3;9H,2-8H2,1H3;7-10H,3-6H2,1-2H3;8H,2-7H2,1H3;3*7-8H,2-6H2,1H3;6-8H,2-5H2,1H3;5-7H,3-4H2,1-2H3;6-7H,2-5H2,1H3;3*1H4. The SMILES string of the molecule is C.C.C.CC1C2CN(C)CC12.CCC1NCC2CN(C)CC21.CN1CC2CCC(C2)C1.CN1CC2CCC1C2.CN1CC2CCCC2C1.CN1CC2CCNC2C1.CN1CCC2CCCC21.CN1CCN(C)C2(CCCCC2)C1.CN1CCN2CCCC2C1.CN1CCN2CCCCC2C1. The molecule has 20 fully saturated rings. The fraction of sp³-hybridized carbons (Fsp3) is 1.00. The van der Waals surface area contributed by atoms with Crippen LogP contribution >= 0.6 is 0 Å². The second kappa shape index (κ2) is 41.3. The lowest BCUT2D eigenvalue weighted by Gasteiger charge is -2.50. The normalized spacial score (nSPS) is 40.2. The Hall–Kier alpha value is -0.600. The van der Waals surface area contributed by atoms with Gasteiger partial charge in [0.2, 0.25) is 0 Å². The summed E-state index contributed by atoms with van der Waals surface area (Å²) in [7, 11) is 24.8. The van der Waals surface area contributed by atoms with Gasteiger partial charge in [-0.15, -0.1) is 0 Å². The molecular weight excluding hydrogens is 1230 g/mol. The molecule has 6 aliphatic carbocycles. The quantitative estimate of drug-likeness (QED) is 0.262. The molecule has 15 heteroatoms. The molecule has 15 nitrogen and oxygen atoms in total. The minimum atomic E-state index is 0. The van der Waals surface area contributed by atoms with E-state index in [1.54, 1.807) is 0 Å². The summed E-state index contributed by atoms with van der Waals surface area (Å²) in [4.78, 5) is 32.7. The summed E-state index contributed by atoms with van der Waals surface area (Å²) in [5.74, 6) is 12.5. The summed E-state index contributed by atoms with van der Waals surface area (Å²) in [5.41, 5.74) is 0.547. The maximum Gasteiger partial charge on any atom is 0.0333 e. The van der Waals surface area contributed by atoms with Gasteiger partial charge in [0.15, 0.2) is 0 Å². The van der Waals surface area contributed by atoms with Crippen molar-refractivity contribution < 1.29 is 0 Å². The summed E-state index contributed by atoms with van der Waals surface area (Å²) in [5, 5.41) is 7.11. The fourth-order valence-electron chi connectivity index (χ4n) is 23.8. The van der Waals surface area contributed by atoms with Crippen LogP contribution in [0.25, 0.3) is 0 Å². The first-order valence-corrected chi connectivity index (χ1v) is 42.4. The molecule has 20 aliphatic rings. The molecule has 20 rings (SSSR count). The van der Waals surface area contributed by atoms with Crippen LogP contribution < -0.4 is 10.6 Å². The van der Waals surface area contributed by atoms with Crippen LogP contribution in [0.2, 0.25) is 0 Å². The van der Waals surface area contributed by atoms with Crippen LogP contribution in [0.15, 0.2) is 0 Å². The summed E-state index contributed by atoms with van der Waals surface area (Å²) >= 11 is 0. The molecule has 0 aromatic heterocycles. The van der Waals surface area contributed by atoms with Crippen molar-refractivity contribution in [2.45, 2.75) is 238 Å². The van der Waals surface area contributed by atoms with Crippen molar-refractivity contribution >= 4 is 0 Å². The van der Waals surface area contributed by atoms with Crippen LogP contribution in [0, 0.1) is 71.0 Å². The monoisotopic (exact) mass is 1400 g/mol. The molecule has 14 heterocycles. The Morgan fingerprint density at radius 1 is 0.350 bits per heavy atom. The number of fused-ring (bicyclic) bond motifs is 11. The third kappa shape index (κ3) is 24.0. The van der Waals surface area contributed by atoms with Gasteiger partial charge in [-0.05, 0) is 303 Å². The number of piperidine rings is 4. The van der Waals surface area contributed by atoms with Gasteiger partial charge in [-0.2, -0.15) is 0 Å². The molecule has 0 radical (unpaired) electrons. The smallest absolute Gasteiger partial charge is 0.0333 e. The first kappa shape index (κ1) is 85.0. The van der Waals surface area contributed by atoms with Crippen LogP contribution in [0.5, 0.6) is 0 Å². The molecule has 100 heavy (non-hydrogen) atoms. The molecule has 2 N–H and O–H groups in total. The second-order valence-electron chi connectivity index (χ2n) is 37.5. The van der Waals surface area contributed by atoms with Crippen LogP contribution in [0.3, 0.4) is 0 Å². The highest BCUT2D eigenvalue weighted by Crippen LogP contribution is 2.50. The van der Waals surface area contributed by atoms with E-state index in [0.717, 1.165) is 107 Å². The molecule has 14 aliphatic heterocycles. The average molecular weight is 1400 g/mol. The first-order valence-electron chi connectivity index (χ1n) is 42.4. The lowest BCUT2D eigenvalue weighted by Crippen LogP contribution is -2.60. The number of rotatable bonds is 1. The molecule has 14 saturated heterocycles. The number of likely N-dealkylation sites (N-methyl/N-ethyl adjacent to an activating group) is 5. The Kier molecular flexibility index (Phi) is 35.1. The van der Waals surface area contributed by atoms with Crippen molar-refractivity contribution in [3.8, 4) is 0 Å². The molecule has 6 saturated carbocycles. The van der Waals surface area contributed by atoms with Gasteiger partial charge >= 0.3 is 0 Å². The summed E-state index contributed by atoms with van der Waals surface area (Å²) in [6.07, 6.45) is 36.6. The fourth-order valence-corrected chi connectivity index (χ4v) is 23.8. The van der Waals surface area contributed by atoms with Gasteiger partial charge in [0.05, 0.1) is 0 Å². The van der Waals surface area contributed by atoms with Crippen LogP contribution in [0.1, 0.15) is 197 Å². The van der Waals surface area contributed by atoms with E-state index in [2.05, 4.69) is 166 Å². The summed E-state index contributed by atoms with van der Waals surface area (Å²) in [6.45, 7) is 37.7. The first-order chi connectivity index (χ1) is 46.8. The number of likely N-dealkylation sites (tertiary alicyclic amines) is 7. The zero-order chi connectivity index (χ0) is 68.2. The van der Waals surface area contributed by atoms with Crippen molar-refractivity contribution in [1.82, 2.24) is 74.3 Å². The van der Waals surface area contributed by atoms with Gasteiger partial charge in [0, 0.05) is 173 Å². The number of piperazine rings is 3. The lowest BCUT2D eigenvalue weighted by molar-refractivity contribution is 0.000506. The van der Waals surface area contributed by atoms with E-state index in [0.29, 0.717) is 5.54 Å². The Morgan fingerprint density at radius 2 is 0.890 bits per heavy atom. The Balaban J connectivity index is 0.000000141. The second-order valence-corrected chi connectivity index (χ2v) is 37.5. The van der Waals surface area contributed by atoms with Crippen molar-refractivity contribution in [1.29, 1.82) is 0 Å². The predicted molar refractivity (Wildman–Crippen MR) is 431 cm³/mol. The minimum absolute atomic E-state index is 0. The molecule has 0 aromatic carbocycles. The van der Waals surface area contributed by atoms with Crippen molar-refractivity contribution in [3.05, 3.63) is 0 Å². The maximum atomic E-state index is 3.60. The van der Waals surface area contributed by atoms with Gasteiger partial charge in [0.1, 0.15) is 0 Å². The van der Waals surface area contributed by atoms with E-state index < -0.39 is 0 Å². The van der Waals surface area contributed by atoms with Gasteiger partial charge in [-0.1, -0.05) is 74.7 Å². The van der Waals surface area contributed by atoms with Crippen LogP contribution in [-0.4, -0.2) is 347 Å².